The number of para-hydroxylation sites is 1. The van der Waals surface area contributed by atoms with E-state index in [0.717, 1.165) is 36.4 Å². The standard InChI is InChI=1S/C35H50N2O3/c1-4-7-10-14-35(13-8-5-2)40-28-37-32-23-19-30(20-24-32)25-29-17-21-31(22-18-29)36-27-39-33(6-3)26-38-34-15-11-9-12-16-34/h9,11-12,15-24,33,35-37H,4-8,10,13-14,25-28H2,1-3H3. The van der Waals surface area contributed by atoms with Gasteiger partial charge < -0.3 is 24.8 Å². The van der Waals surface area contributed by atoms with Crippen molar-refractivity contribution in [1.82, 2.24) is 0 Å². The molecule has 3 rings (SSSR count). The number of hydrogen-bond acceptors (Lipinski definition) is 5. The maximum absolute atomic E-state index is 6.18. The Kier molecular flexibility index (Phi) is 15.1. The Bertz CT molecular complexity index is 1020. The summed E-state index contributed by atoms with van der Waals surface area (Å²) < 4.78 is 18.0. The van der Waals surface area contributed by atoms with Crippen LogP contribution in [0, 0.1) is 0 Å². The van der Waals surface area contributed by atoms with Gasteiger partial charge in [-0.15, -0.1) is 0 Å². The van der Waals surface area contributed by atoms with Crippen molar-refractivity contribution in [2.75, 3.05) is 30.7 Å². The summed E-state index contributed by atoms with van der Waals surface area (Å²) in [6.45, 7) is 8.18. The number of rotatable bonds is 21. The molecule has 0 aliphatic rings. The molecule has 2 unspecified atom stereocenters. The average Bonchev–Trinajstić information content (AvgIpc) is 2.99. The fourth-order valence-corrected chi connectivity index (χ4v) is 4.56. The molecule has 0 saturated carbocycles. The van der Waals surface area contributed by atoms with Gasteiger partial charge in [-0.05, 0) is 73.2 Å². The molecule has 0 bridgehead atoms. The first-order valence-electron chi connectivity index (χ1n) is 15.3. The highest BCUT2D eigenvalue weighted by Crippen LogP contribution is 2.18. The summed E-state index contributed by atoms with van der Waals surface area (Å²) in [5.41, 5.74) is 4.73. The van der Waals surface area contributed by atoms with Crippen molar-refractivity contribution >= 4 is 11.4 Å². The molecule has 0 radical (unpaired) electrons. The van der Waals surface area contributed by atoms with Gasteiger partial charge in [0.05, 0.1) is 12.2 Å². The van der Waals surface area contributed by atoms with Gasteiger partial charge in [0.15, 0.2) is 0 Å². The number of benzene rings is 3. The van der Waals surface area contributed by atoms with E-state index < -0.39 is 0 Å². The van der Waals surface area contributed by atoms with Crippen LogP contribution in [-0.4, -0.2) is 32.3 Å². The van der Waals surface area contributed by atoms with Crippen molar-refractivity contribution in [2.45, 2.75) is 90.8 Å². The molecule has 5 nitrogen and oxygen atoms in total. The molecular formula is C35H50N2O3. The van der Waals surface area contributed by atoms with Crippen LogP contribution in [0.2, 0.25) is 0 Å². The van der Waals surface area contributed by atoms with Crippen LogP contribution in [0.3, 0.4) is 0 Å². The maximum Gasteiger partial charge on any atom is 0.119 e. The molecule has 218 valence electrons. The topological polar surface area (TPSA) is 51.8 Å². The minimum atomic E-state index is 0.0456. The van der Waals surface area contributed by atoms with E-state index in [2.05, 4.69) is 79.9 Å². The summed E-state index contributed by atoms with van der Waals surface area (Å²) in [4.78, 5) is 0. The maximum atomic E-state index is 6.18. The van der Waals surface area contributed by atoms with Gasteiger partial charge in [-0.2, -0.15) is 0 Å². The number of unbranched alkanes of at least 4 members (excludes halogenated alkanes) is 3. The van der Waals surface area contributed by atoms with E-state index >= 15 is 0 Å². The van der Waals surface area contributed by atoms with E-state index in [1.165, 1.54) is 49.7 Å². The lowest BCUT2D eigenvalue weighted by molar-refractivity contribution is 0.0284. The Morgan fingerprint density at radius 1 is 0.600 bits per heavy atom. The number of nitrogens with one attached hydrogen (secondary N) is 2. The molecule has 0 aliphatic heterocycles. The first kappa shape index (κ1) is 31.5. The molecule has 2 N–H and O–H groups in total. The summed E-state index contributed by atoms with van der Waals surface area (Å²) in [5, 5.41) is 6.80. The number of ether oxygens (including phenoxy) is 3. The van der Waals surface area contributed by atoms with Crippen molar-refractivity contribution in [3.63, 3.8) is 0 Å². The Balaban J connectivity index is 1.36. The van der Waals surface area contributed by atoms with Crippen molar-refractivity contribution in [1.29, 1.82) is 0 Å². The zero-order valence-electron chi connectivity index (χ0n) is 24.9. The zero-order chi connectivity index (χ0) is 28.3. The van der Waals surface area contributed by atoms with Crippen LogP contribution in [-0.2, 0) is 15.9 Å². The molecule has 0 saturated heterocycles. The minimum Gasteiger partial charge on any atom is -0.491 e. The van der Waals surface area contributed by atoms with Gasteiger partial charge in [0.2, 0.25) is 0 Å². The fraction of sp³-hybridized carbons (Fsp3) is 0.486. The molecule has 0 aromatic heterocycles. The van der Waals surface area contributed by atoms with Gasteiger partial charge in [0.25, 0.3) is 0 Å². The van der Waals surface area contributed by atoms with Crippen LogP contribution in [0.4, 0.5) is 11.4 Å². The van der Waals surface area contributed by atoms with Crippen LogP contribution < -0.4 is 15.4 Å². The predicted octanol–water partition coefficient (Wildman–Crippen LogP) is 9.05. The van der Waals surface area contributed by atoms with Crippen LogP contribution in [0.1, 0.15) is 83.3 Å². The zero-order valence-corrected chi connectivity index (χ0v) is 24.9. The second-order valence-corrected chi connectivity index (χ2v) is 10.5. The van der Waals surface area contributed by atoms with Crippen LogP contribution in [0.5, 0.6) is 5.75 Å². The third-order valence-electron chi connectivity index (χ3n) is 7.15. The van der Waals surface area contributed by atoms with Gasteiger partial charge in [-0.3, -0.25) is 0 Å². The van der Waals surface area contributed by atoms with Crippen LogP contribution >= 0.6 is 0 Å². The normalized spacial score (nSPS) is 12.6. The first-order valence-corrected chi connectivity index (χ1v) is 15.3. The van der Waals surface area contributed by atoms with Crippen LogP contribution in [0.15, 0.2) is 78.9 Å². The lowest BCUT2D eigenvalue weighted by atomic mass is 10.0. The SMILES string of the molecule is CCCCCC(CCCC)OCNc1ccc(Cc2ccc(NCOC(CC)COc3ccccc3)cc2)cc1. The summed E-state index contributed by atoms with van der Waals surface area (Å²) in [7, 11) is 0. The molecule has 0 aliphatic carbocycles. The van der Waals surface area contributed by atoms with E-state index in [-0.39, 0.29) is 6.10 Å². The van der Waals surface area contributed by atoms with E-state index in [1.54, 1.807) is 0 Å². The van der Waals surface area contributed by atoms with Gasteiger partial charge in [-0.25, -0.2) is 0 Å². The van der Waals surface area contributed by atoms with Crippen molar-refractivity contribution < 1.29 is 14.2 Å². The van der Waals surface area contributed by atoms with Gasteiger partial charge in [0.1, 0.15) is 25.8 Å². The Labute approximate surface area is 242 Å². The number of hydrogen-bond donors (Lipinski definition) is 2. The molecule has 3 aromatic carbocycles. The molecule has 5 heteroatoms. The Morgan fingerprint density at radius 3 is 1.70 bits per heavy atom. The molecule has 0 fully saturated rings. The Hall–Kier alpha value is -3.02. The van der Waals surface area contributed by atoms with Crippen molar-refractivity contribution in [3.8, 4) is 5.75 Å². The minimum absolute atomic E-state index is 0.0456. The van der Waals surface area contributed by atoms with E-state index in [1.807, 2.05) is 30.3 Å². The highest BCUT2D eigenvalue weighted by Gasteiger charge is 2.09. The Morgan fingerprint density at radius 2 is 1.15 bits per heavy atom. The van der Waals surface area contributed by atoms with E-state index in [0.29, 0.717) is 26.2 Å². The quantitative estimate of drug-likeness (QED) is 0.103. The molecular weight excluding hydrogens is 496 g/mol. The van der Waals surface area contributed by atoms with Gasteiger partial charge in [0, 0.05) is 11.4 Å². The second kappa shape index (κ2) is 19.1. The monoisotopic (exact) mass is 546 g/mol. The third kappa shape index (κ3) is 12.4. The largest absolute Gasteiger partial charge is 0.491 e. The third-order valence-corrected chi connectivity index (χ3v) is 7.15. The fourth-order valence-electron chi connectivity index (χ4n) is 4.56. The molecule has 0 heterocycles. The molecule has 40 heavy (non-hydrogen) atoms. The average molecular weight is 547 g/mol. The second-order valence-electron chi connectivity index (χ2n) is 10.5. The van der Waals surface area contributed by atoms with Crippen LogP contribution in [0.25, 0.3) is 0 Å². The molecule has 0 amide bonds. The first-order chi connectivity index (χ1) is 19.7. The summed E-state index contributed by atoms with van der Waals surface area (Å²) in [6, 6.07) is 27.1. The lowest BCUT2D eigenvalue weighted by Gasteiger charge is -2.18. The summed E-state index contributed by atoms with van der Waals surface area (Å²) >= 11 is 0. The lowest BCUT2D eigenvalue weighted by Crippen LogP contribution is -2.23. The molecule has 2 atom stereocenters. The van der Waals surface area contributed by atoms with E-state index in [9.17, 15) is 0 Å². The summed E-state index contributed by atoms with van der Waals surface area (Å²) in [6.07, 6.45) is 10.8. The van der Waals surface area contributed by atoms with Gasteiger partial charge >= 0.3 is 0 Å². The predicted molar refractivity (Wildman–Crippen MR) is 168 cm³/mol. The molecule has 3 aromatic rings. The highest BCUT2D eigenvalue weighted by molar-refractivity contribution is 5.47. The van der Waals surface area contributed by atoms with Crippen molar-refractivity contribution in [2.24, 2.45) is 0 Å². The number of anilines is 2. The summed E-state index contributed by atoms with van der Waals surface area (Å²) in [5.74, 6) is 0.872. The smallest absolute Gasteiger partial charge is 0.119 e. The van der Waals surface area contributed by atoms with Gasteiger partial charge in [-0.1, -0.05) is 95.3 Å². The highest BCUT2D eigenvalue weighted by atomic mass is 16.5. The van der Waals surface area contributed by atoms with Crippen molar-refractivity contribution in [3.05, 3.63) is 90.0 Å². The molecule has 0 spiro atoms. The van der Waals surface area contributed by atoms with E-state index in [4.69, 9.17) is 14.2 Å².